The number of anilines is 3. The summed E-state index contributed by atoms with van der Waals surface area (Å²) in [5.74, 6) is -2.31. The lowest BCUT2D eigenvalue weighted by Crippen LogP contribution is -2.33. The minimum absolute atomic E-state index is 0.168. The van der Waals surface area contributed by atoms with E-state index in [1.54, 1.807) is 0 Å². The van der Waals surface area contributed by atoms with Crippen LogP contribution in [0.3, 0.4) is 0 Å². The van der Waals surface area contributed by atoms with E-state index in [1.165, 1.54) is 30.5 Å². The molecule has 3 aromatic rings. The number of ether oxygens (including phenoxy) is 2. The van der Waals surface area contributed by atoms with Crippen molar-refractivity contribution in [1.29, 1.82) is 0 Å². The first-order chi connectivity index (χ1) is 16.4. The van der Waals surface area contributed by atoms with Crippen molar-refractivity contribution in [2.24, 2.45) is 5.10 Å². The second-order valence-electron chi connectivity index (χ2n) is 6.49. The maximum atomic E-state index is 14.0. The number of alkyl halides is 7. The van der Waals surface area contributed by atoms with E-state index in [1.807, 2.05) is 0 Å². The van der Waals surface area contributed by atoms with Crippen LogP contribution in [0.2, 0.25) is 0 Å². The predicted octanol–water partition coefficient (Wildman–Crippen LogP) is 5.94. The molecule has 0 aliphatic rings. The summed E-state index contributed by atoms with van der Waals surface area (Å²) in [6.45, 7) is 0. The van der Waals surface area contributed by atoms with E-state index < -0.39 is 36.2 Å². The van der Waals surface area contributed by atoms with Crippen LogP contribution in [0.1, 0.15) is 5.56 Å². The van der Waals surface area contributed by atoms with Gasteiger partial charge in [0.15, 0.2) is 11.6 Å². The summed E-state index contributed by atoms with van der Waals surface area (Å²) in [4.78, 5) is 7.51. The lowest BCUT2D eigenvalue weighted by molar-refractivity contribution is -0.274. The highest BCUT2D eigenvalue weighted by atomic mass is 19.4. The third-order valence-electron chi connectivity index (χ3n) is 3.86. The molecule has 35 heavy (non-hydrogen) atoms. The molecule has 0 aliphatic heterocycles. The van der Waals surface area contributed by atoms with E-state index >= 15 is 0 Å². The fourth-order valence-corrected chi connectivity index (χ4v) is 2.37. The van der Waals surface area contributed by atoms with E-state index in [4.69, 9.17) is 0 Å². The molecule has 2 N–H and O–H groups in total. The van der Waals surface area contributed by atoms with Crippen molar-refractivity contribution in [1.82, 2.24) is 9.97 Å². The molecular weight excluding hydrogens is 494 g/mol. The van der Waals surface area contributed by atoms with E-state index in [-0.39, 0.29) is 17.5 Å². The number of rotatable bonds is 9. The van der Waals surface area contributed by atoms with Crippen LogP contribution in [0.25, 0.3) is 0 Å². The minimum atomic E-state index is -4.85. The van der Waals surface area contributed by atoms with Crippen LogP contribution in [0, 0.1) is 5.82 Å². The Kier molecular flexibility index (Phi) is 7.56. The first-order valence-electron chi connectivity index (χ1n) is 9.31. The summed E-state index contributed by atoms with van der Waals surface area (Å²) in [7, 11) is 0. The van der Waals surface area contributed by atoms with E-state index in [0.717, 1.165) is 30.5 Å². The van der Waals surface area contributed by atoms with Crippen LogP contribution in [-0.2, 0) is 0 Å². The lowest BCUT2D eigenvalue weighted by atomic mass is 10.2. The molecule has 0 fully saturated rings. The van der Waals surface area contributed by atoms with Crippen LogP contribution in [-0.4, -0.2) is 35.1 Å². The molecule has 0 saturated heterocycles. The van der Waals surface area contributed by atoms with Crippen LogP contribution in [0.5, 0.6) is 11.5 Å². The van der Waals surface area contributed by atoms with E-state index in [2.05, 4.69) is 35.3 Å². The quantitative estimate of drug-likeness (QED) is 0.212. The maximum absolute atomic E-state index is 14.0. The normalized spacial score (nSPS) is 12.1. The molecule has 2 aromatic carbocycles. The van der Waals surface area contributed by atoms with Crippen molar-refractivity contribution in [2.75, 3.05) is 10.7 Å². The van der Waals surface area contributed by atoms with Crippen molar-refractivity contribution in [2.45, 2.75) is 18.9 Å². The molecule has 0 aliphatic carbocycles. The first-order valence-corrected chi connectivity index (χ1v) is 9.31. The van der Waals surface area contributed by atoms with Crippen LogP contribution >= 0.6 is 0 Å². The Balaban J connectivity index is 1.61. The van der Waals surface area contributed by atoms with Gasteiger partial charge < -0.3 is 14.8 Å². The SMILES string of the molecule is Fc1cnc(N/N=C/c2ccc(OC(F)(F)C(F)F)cc2)nc1Nc1ccc(OC(F)(F)F)cc1. The third-order valence-corrected chi connectivity index (χ3v) is 3.86. The molecule has 0 amide bonds. The average molecular weight is 507 g/mol. The molecular formula is C20H13F8N5O2. The summed E-state index contributed by atoms with van der Waals surface area (Å²) >= 11 is 0. The third kappa shape index (κ3) is 7.68. The van der Waals surface area contributed by atoms with Gasteiger partial charge in [0.05, 0.1) is 12.4 Å². The van der Waals surface area contributed by atoms with Crippen LogP contribution in [0.15, 0.2) is 59.8 Å². The molecule has 0 radical (unpaired) electrons. The predicted molar refractivity (Wildman–Crippen MR) is 108 cm³/mol. The van der Waals surface area contributed by atoms with Gasteiger partial charge in [-0.1, -0.05) is 0 Å². The number of hydrogen-bond donors (Lipinski definition) is 2. The summed E-state index contributed by atoms with van der Waals surface area (Å²) in [6.07, 6.45) is -11.5. The zero-order valence-corrected chi connectivity index (χ0v) is 17.0. The van der Waals surface area contributed by atoms with Gasteiger partial charge in [-0.25, -0.2) is 14.8 Å². The maximum Gasteiger partial charge on any atom is 0.573 e. The van der Waals surface area contributed by atoms with E-state index in [0.29, 0.717) is 5.56 Å². The topological polar surface area (TPSA) is 80.7 Å². The number of hydrogen-bond acceptors (Lipinski definition) is 7. The molecule has 0 bridgehead atoms. The van der Waals surface area contributed by atoms with Gasteiger partial charge in [-0.3, -0.25) is 0 Å². The molecule has 7 nitrogen and oxygen atoms in total. The highest BCUT2D eigenvalue weighted by Gasteiger charge is 2.43. The van der Waals surface area contributed by atoms with Gasteiger partial charge in [0.2, 0.25) is 5.95 Å². The standard InChI is InChI=1S/C20H13F8N5O2/c21-15-10-29-18(32-16(15)31-12-3-7-14(8-4-12)35-20(26,27)28)33-30-9-11-1-5-13(6-2-11)34-19(24,25)17(22)23/h1-10,17H,(H2,29,31,32,33)/b30-9+. The molecule has 15 heteroatoms. The van der Waals surface area contributed by atoms with Crippen molar-refractivity contribution in [3.63, 3.8) is 0 Å². The van der Waals surface area contributed by atoms with Crippen LogP contribution < -0.4 is 20.2 Å². The molecule has 0 saturated carbocycles. The fraction of sp³-hybridized carbons (Fsp3) is 0.150. The monoisotopic (exact) mass is 507 g/mol. The molecule has 0 unspecified atom stereocenters. The first kappa shape index (κ1) is 25.5. The van der Waals surface area contributed by atoms with Gasteiger partial charge in [0.1, 0.15) is 11.5 Å². The highest BCUT2D eigenvalue weighted by Crippen LogP contribution is 2.28. The fourth-order valence-electron chi connectivity index (χ4n) is 2.37. The molecule has 1 heterocycles. The summed E-state index contributed by atoms with van der Waals surface area (Å²) in [6, 6.07) is 9.02. The number of halogens is 8. The van der Waals surface area contributed by atoms with Gasteiger partial charge in [-0.05, 0) is 54.1 Å². The molecule has 186 valence electrons. The molecule has 0 atom stereocenters. The second-order valence-corrected chi connectivity index (χ2v) is 6.49. The lowest BCUT2D eigenvalue weighted by Gasteiger charge is -2.16. The number of nitrogens with one attached hydrogen (secondary N) is 2. The Morgan fingerprint density at radius 3 is 2.09 bits per heavy atom. The van der Waals surface area contributed by atoms with Crippen molar-refractivity contribution >= 4 is 23.7 Å². The zero-order valence-electron chi connectivity index (χ0n) is 17.0. The minimum Gasteiger partial charge on any atom is -0.428 e. The number of benzene rings is 2. The van der Waals surface area contributed by atoms with Gasteiger partial charge >= 0.3 is 18.9 Å². The number of aromatic nitrogens is 2. The second kappa shape index (κ2) is 10.4. The summed E-state index contributed by atoms with van der Waals surface area (Å²) in [5.41, 5.74) is 2.95. The van der Waals surface area contributed by atoms with Crippen LogP contribution in [0.4, 0.5) is 52.6 Å². The molecule has 3 rings (SSSR count). The van der Waals surface area contributed by atoms with Crippen molar-refractivity contribution in [3.8, 4) is 11.5 Å². The summed E-state index contributed by atoms with van der Waals surface area (Å²) in [5, 5.41) is 6.35. The Morgan fingerprint density at radius 1 is 0.886 bits per heavy atom. The smallest absolute Gasteiger partial charge is 0.428 e. The number of nitrogens with zero attached hydrogens (tertiary/aromatic N) is 3. The Labute approximate surface area is 191 Å². The van der Waals surface area contributed by atoms with E-state index in [9.17, 15) is 35.1 Å². The molecule has 1 aromatic heterocycles. The van der Waals surface area contributed by atoms with Gasteiger partial charge in [0, 0.05) is 5.69 Å². The Bertz CT molecular complexity index is 1160. The van der Waals surface area contributed by atoms with Crippen molar-refractivity contribution < 1.29 is 44.6 Å². The highest BCUT2D eigenvalue weighted by molar-refractivity contribution is 5.80. The molecule has 0 spiro atoms. The number of hydrazone groups is 1. The average Bonchev–Trinajstić information content (AvgIpc) is 2.77. The van der Waals surface area contributed by atoms with Gasteiger partial charge in [-0.15, -0.1) is 13.2 Å². The van der Waals surface area contributed by atoms with Gasteiger partial charge in [-0.2, -0.15) is 27.6 Å². The Morgan fingerprint density at radius 2 is 1.49 bits per heavy atom. The Hall–Kier alpha value is -4.17. The van der Waals surface area contributed by atoms with Crippen molar-refractivity contribution in [3.05, 3.63) is 66.1 Å². The largest absolute Gasteiger partial charge is 0.573 e. The zero-order chi connectivity index (χ0) is 25.6. The van der Waals surface area contributed by atoms with Gasteiger partial charge in [0.25, 0.3) is 0 Å². The summed E-state index contributed by atoms with van der Waals surface area (Å²) < 4.78 is 108.